The van der Waals surface area contributed by atoms with Gasteiger partial charge in [-0.25, -0.2) is 0 Å². The quantitative estimate of drug-likeness (QED) is 0.0320. The molecule has 0 saturated carbocycles. The maximum Gasteiger partial charge on any atom is 0.305 e. The highest BCUT2D eigenvalue weighted by molar-refractivity contribution is 5.76. The van der Waals surface area contributed by atoms with E-state index in [0.29, 0.717) is 25.9 Å². The number of hydrogen-bond donors (Lipinski definition) is 3. The Labute approximate surface area is 444 Å². The average molecular weight is 1000 g/mol. The molecule has 422 valence electrons. The molecule has 0 aromatic heterocycles. The Bertz CT molecular complexity index is 1060. The average Bonchev–Trinajstić information content (AvgIpc) is 3.37. The highest BCUT2D eigenvalue weighted by atomic mass is 16.5. The lowest BCUT2D eigenvalue weighted by Gasteiger charge is -2.22. The van der Waals surface area contributed by atoms with Crippen LogP contribution in [0.2, 0.25) is 0 Å². The Morgan fingerprint density at radius 1 is 0.380 bits per heavy atom. The monoisotopic (exact) mass is 1000 g/mol. The van der Waals surface area contributed by atoms with Crippen LogP contribution in [0, 0.1) is 0 Å². The first kappa shape index (κ1) is 69.6. The van der Waals surface area contributed by atoms with Crippen molar-refractivity contribution in [2.45, 2.75) is 379 Å². The van der Waals surface area contributed by atoms with Gasteiger partial charge in [0.2, 0.25) is 5.91 Å². The molecule has 0 heterocycles. The number of ether oxygens (including phenoxy) is 1. The first-order chi connectivity index (χ1) is 35.0. The summed E-state index contributed by atoms with van der Waals surface area (Å²) in [7, 11) is 0. The van der Waals surface area contributed by atoms with Gasteiger partial charge in [-0.3, -0.25) is 9.59 Å². The molecule has 0 aromatic carbocycles. The van der Waals surface area contributed by atoms with Gasteiger partial charge >= 0.3 is 5.97 Å². The molecule has 0 fully saturated rings. The molecule has 71 heavy (non-hydrogen) atoms. The fraction of sp³-hybridized carbons (Fsp3) is 0.938. The summed E-state index contributed by atoms with van der Waals surface area (Å²) >= 11 is 0. The van der Waals surface area contributed by atoms with Crippen LogP contribution in [0.25, 0.3) is 0 Å². The van der Waals surface area contributed by atoms with Crippen molar-refractivity contribution in [2.75, 3.05) is 13.2 Å². The number of allylic oxidation sites excluding steroid dienone is 2. The lowest BCUT2D eigenvalue weighted by molar-refractivity contribution is -0.143. The van der Waals surface area contributed by atoms with E-state index in [0.717, 1.165) is 44.9 Å². The minimum atomic E-state index is -0.660. The zero-order chi connectivity index (χ0) is 51.4. The first-order valence-corrected chi connectivity index (χ1v) is 32.4. The zero-order valence-electron chi connectivity index (χ0n) is 48.2. The van der Waals surface area contributed by atoms with Crippen molar-refractivity contribution in [3.8, 4) is 0 Å². The van der Waals surface area contributed by atoms with Crippen molar-refractivity contribution in [1.82, 2.24) is 5.32 Å². The Morgan fingerprint density at radius 3 is 1.01 bits per heavy atom. The molecule has 0 saturated heterocycles. The molecule has 6 nitrogen and oxygen atoms in total. The summed E-state index contributed by atoms with van der Waals surface area (Å²) in [5.74, 6) is -0.0198. The van der Waals surface area contributed by atoms with Crippen molar-refractivity contribution in [2.24, 2.45) is 0 Å². The van der Waals surface area contributed by atoms with Crippen LogP contribution in [0.1, 0.15) is 367 Å². The van der Waals surface area contributed by atoms with E-state index in [9.17, 15) is 19.8 Å². The van der Waals surface area contributed by atoms with Gasteiger partial charge in [-0.2, -0.15) is 0 Å². The molecule has 0 aliphatic rings. The lowest BCUT2D eigenvalue weighted by atomic mass is 10.0. The van der Waals surface area contributed by atoms with E-state index in [1.165, 1.54) is 289 Å². The summed E-state index contributed by atoms with van der Waals surface area (Å²) in [5, 5.41) is 23.3. The van der Waals surface area contributed by atoms with Gasteiger partial charge in [-0.05, 0) is 51.4 Å². The van der Waals surface area contributed by atoms with E-state index < -0.39 is 12.1 Å². The summed E-state index contributed by atoms with van der Waals surface area (Å²) in [4.78, 5) is 24.5. The Hall–Kier alpha value is -1.40. The second kappa shape index (κ2) is 61.1. The van der Waals surface area contributed by atoms with Crippen LogP contribution < -0.4 is 5.32 Å². The lowest BCUT2D eigenvalue weighted by Crippen LogP contribution is -2.45. The Morgan fingerprint density at radius 2 is 0.662 bits per heavy atom. The van der Waals surface area contributed by atoms with Gasteiger partial charge < -0.3 is 20.3 Å². The van der Waals surface area contributed by atoms with Crippen LogP contribution in [0.5, 0.6) is 0 Å². The summed E-state index contributed by atoms with van der Waals surface area (Å²) in [5.41, 5.74) is 0. The number of amides is 1. The van der Waals surface area contributed by atoms with Gasteiger partial charge in [0, 0.05) is 12.8 Å². The van der Waals surface area contributed by atoms with Gasteiger partial charge in [0.05, 0.1) is 25.4 Å². The van der Waals surface area contributed by atoms with Crippen LogP contribution in [0.4, 0.5) is 0 Å². The fourth-order valence-electron chi connectivity index (χ4n) is 10.3. The predicted octanol–water partition coefficient (Wildman–Crippen LogP) is 20.4. The Kier molecular flexibility index (Phi) is 59.9. The predicted molar refractivity (Wildman–Crippen MR) is 310 cm³/mol. The number of unbranched alkanes of at least 4 members (excludes halogenated alkanes) is 48. The maximum absolute atomic E-state index is 12.5. The number of esters is 1. The molecule has 0 aliphatic carbocycles. The number of carbonyl (C=O) groups excluding carboxylic acids is 2. The van der Waals surface area contributed by atoms with Gasteiger partial charge in [-0.15, -0.1) is 0 Å². The first-order valence-electron chi connectivity index (χ1n) is 32.4. The van der Waals surface area contributed by atoms with E-state index in [4.69, 9.17) is 4.74 Å². The smallest absolute Gasteiger partial charge is 0.305 e. The molecule has 2 atom stereocenters. The molecular weight excluding hydrogens is 875 g/mol. The molecule has 1 amide bonds. The van der Waals surface area contributed by atoms with E-state index in [1.807, 2.05) is 0 Å². The van der Waals surface area contributed by atoms with Crippen molar-refractivity contribution >= 4 is 11.9 Å². The number of aliphatic hydroxyl groups excluding tert-OH is 2. The third-order valence-electron chi connectivity index (χ3n) is 15.3. The number of nitrogens with one attached hydrogen (secondary N) is 1. The molecule has 6 heteroatoms. The third kappa shape index (κ3) is 57.7. The van der Waals surface area contributed by atoms with Gasteiger partial charge in [0.1, 0.15) is 0 Å². The highest BCUT2D eigenvalue weighted by Gasteiger charge is 2.20. The van der Waals surface area contributed by atoms with Crippen LogP contribution in [0.3, 0.4) is 0 Å². The van der Waals surface area contributed by atoms with Crippen LogP contribution in [-0.2, 0) is 14.3 Å². The van der Waals surface area contributed by atoms with Crippen LogP contribution in [-0.4, -0.2) is 47.4 Å². The number of aliphatic hydroxyl groups is 2. The van der Waals surface area contributed by atoms with Gasteiger partial charge in [0.15, 0.2) is 0 Å². The number of hydrogen-bond acceptors (Lipinski definition) is 5. The molecule has 0 spiro atoms. The van der Waals surface area contributed by atoms with E-state index in [2.05, 4.69) is 31.3 Å². The minimum absolute atomic E-state index is 0.0101. The summed E-state index contributed by atoms with van der Waals surface area (Å²) < 4.78 is 5.48. The maximum atomic E-state index is 12.5. The number of rotatable bonds is 61. The topological polar surface area (TPSA) is 95.9 Å². The van der Waals surface area contributed by atoms with Crippen LogP contribution in [0.15, 0.2) is 12.2 Å². The second-order valence-electron chi connectivity index (χ2n) is 22.5. The molecular formula is C65H127NO5. The van der Waals surface area contributed by atoms with Crippen molar-refractivity contribution in [3.63, 3.8) is 0 Å². The molecule has 0 rings (SSSR count). The normalized spacial score (nSPS) is 12.6. The van der Waals surface area contributed by atoms with Crippen molar-refractivity contribution in [3.05, 3.63) is 12.2 Å². The van der Waals surface area contributed by atoms with Gasteiger partial charge in [0.25, 0.3) is 0 Å². The summed E-state index contributed by atoms with van der Waals surface area (Å²) in [6, 6.07) is -0.537. The fourth-order valence-corrected chi connectivity index (χ4v) is 10.3. The molecule has 2 unspecified atom stereocenters. The molecule has 0 bridgehead atoms. The molecule has 3 N–H and O–H groups in total. The van der Waals surface area contributed by atoms with E-state index in [-0.39, 0.29) is 18.5 Å². The van der Waals surface area contributed by atoms with Gasteiger partial charge in [-0.1, -0.05) is 315 Å². The minimum Gasteiger partial charge on any atom is -0.466 e. The summed E-state index contributed by atoms with van der Waals surface area (Å²) in [6.07, 6.45) is 73.8. The van der Waals surface area contributed by atoms with E-state index >= 15 is 0 Å². The van der Waals surface area contributed by atoms with Crippen LogP contribution >= 0.6 is 0 Å². The molecule has 0 radical (unpaired) electrons. The van der Waals surface area contributed by atoms with Crippen molar-refractivity contribution in [1.29, 1.82) is 0 Å². The standard InChI is InChI=1S/C65H127NO5/c1-3-5-7-9-11-13-15-33-37-41-45-49-53-57-63(68)62(61-67)66-64(69)58-54-50-46-42-38-35-31-29-27-25-23-21-19-17-18-20-22-24-26-28-30-32-36-40-44-48-52-56-60-71-65(70)59-55-51-47-43-39-34-16-14-12-10-8-6-4-2/h14,16,62-63,67-68H,3-13,15,17-61H2,1-2H3,(H,66,69)/b16-14-. The summed E-state index contributed by atoms with van der Waals surface area (Å²) in [6.45, 7) is 4.96. The molecule has 0 aromatic rings. The number of carbonyl (C=O) groups is 2. The highest BCUT2D eigenvalue weighted by Crippen LogP contribution is 2.19. The van der Waals surface area contributed by atoms with E-state index in [1.54, 1.807) is 0 Å². The SMILES string of the molecule is CCCCCC/C=C\CCCCCCCC(=O)OCCCCCCCCCCCCCCCCCCCCCCCCCCCCCCC(=O)NC(CO)C(O)CCCCCCCCCCCCCCC. The third-order valence-corrected chi connectivity index (χ3v) is 15.3. The largest absolute Gasteiger partial charge is 0.466 e. The second-order valence-corrected chi connectivity index (χ2v) is 22.5. The van der Waals surface area contributed by atoms with Crippen molar-refractivity contribution < 1.29 is 24.5 Å². The zero-order valence-corrected chi connectivity index (χ0v) is 48.2. The Balaban J connectivity index is 3.32. The molecule has 0 aliphatic heterocycles.